The Bertz CT molecular complexity index is 175. The summed E-state index contributed by atoms with van der Waals surface area (Å²) >= 11 is 0. The summed E-state index contributed by atoms with van der Waals surface area (Å²) in [7, 11) is 0. The molecule has 0 aliphatic carbocycles. The van der Waals surface area contributed by atoms with Crippen LogP contribution < -0.4 is 0 Å². The predicted molar refractivity (Wildman–Crippen MR) is 61.6 cm³/mol. The Morgan fingerprint density at radius 3 is 1.47 bits per heavy atom. The molecule has 0 amide bonds. The van der Waals surface area contributed by atoms with Gasteiger partial charge in [0.15, 0.2) is 0 Å². The fraction of sp³-hybridized carbons (Fsp3) is 0.833. The number of hydrogen-bond donors (Lipinski definition) is 0. The van der Waals surface area contributed by atoms with Crippen molar-refractivity contribution in [1.82, 2.24) is 0 Å². The van der Waals surface area contributed by atoms with Crippen LogP contribution in [-0.4, -0.2) is 24.6 Å². The van der Waals surface area contributed by atoms with Gasteiger partial charge >= 0.3 is 0 Å². The molecule has 0 N–H and O–H groups in total. The van der Waals surface area contributed by atoms with Crippen LogP contribution in [0.15, 0.2) is 12.3 Å². The van der Waals surface area contributed by atoms with E-state index >= 15 is 0 Å². The predicted octanol–water partition coefficient (Wildman–Crippen LogP) is 3.10. The van der Waals surface area contributed by atoms with Crippen LogP contribution in [0.5, 0.6) is 0 Å². The van der Waals surface area contributed by atoms with Crippen molar-refractivity contribution in [3.63, 3.8) is 0 Å². The van der Waals surface area contributed by atoms with Gasteiger partial charge in [-0.3, -0.25) is 0 Å². The Morgan fingerprint density at radius 2 is 1.20 bits per heavy atom. The maximum Gasteiger partial charge on any atom is 0.216 e. The molecule has 3 heteroatoms. The quantitative estimate of drug-likeness (QED) is 0.483. The van der Waals surface area contributed by atoms with Gasteiger partial charge in [-0.05, 0) is 41.5 Å². The van der Waals surface area contributed by atoms with Crippen LogP contribution in [0.3, 0.4) is 0 Å². The maximum atomic E-state index is 5.58. The average Bonchev–Trinajstić information content (AvgIpc) is 1.99. The van der Waals surface area contributed by atoms with E-state index in [9.17, 15) is 0 Å². The summed E-state index contributed by atoms with van der Waals surface area (Å²) in [5.41, 5.74) is 0. The topological polar surface area (TPSA) is 27.7 Å². The Labute approximate surface area is 93.4 Å². The van der Waals surface area contributed by atoms with Crippen molar-refractivity contribution in [1.29, 1.82) is 0 Å². The van der Waals surface area contributed by atoms with E-state index in [4.69, 9.17) is 14.2 Å². The van der Waals surface area contributed by atoms with Gasteiger partial charge in [-0.15, -0.1) is 0 Å². The van der Waals surface area contributed by atoms with Crippen LogP contribution in [0.25, 0.3) is 0 Å². The molecular weight excluding hydrogens is 192 g/mol. The molecule has 0 radical (unpaired) electrons. The van der Waals surface area contributed by atoms with E-state index in [2.05, 4.69) is 6.58 Å². The molecule has 0 saturated carbocycles. The second kappa shape index (κ2) is 6.85. The van der Waals surface area contributed by atoms with Crippen molar-refractivity contribution < 1.29 is 14.2 Å². The summed E-state index contributed by atoms with van der Waals surface area (Å²) in [5.74, 6) is 0.535. The standard InChI is InChI=1S/C12H24O3/c1-8(2)13-11(7)12(14-9(3)4)15-10(5)6/h8-10,12H,7H2,1-6H3. The molecule has 0 bridgehead atoms. The van der Waals surface area contributed by atoms with Gasteiger partial charge in [-0.2, -0.15) is 0 Å². The summed E-state index contributed by atoms with van der Waals surface area (Å²) in [6.07, 6.45) is -0.221. The Balaban J connectivity index is 4.27. The van der Waals surface area contributed by atoms with E-state index in [1.807, 2.05) is 41.5 Å². The third kappa shape index (κ3) is 7.40. The van der Waals surface area contributed by atoms with E-state index in [0.29, 0.717) is 5.76 Å². The fourth-order valence-corrected chi connectivity index (χ4v) is 1.04. The number of rotatable bonds is 7. The van der Waals surface area contributed by atoms with Crippen molar-refractivity contribution in [2.75, 3.05) is 0 Å². The van der Waals surface area contributed by atoms with Crippen molar-refractivity contribution in [3.05, 3.63) is 12.3 Å². The minimum atomic E-state index is -0.479. The molecule has 0 aliphatic heterocycles. The summed E-state index contributed by atoms with van der Waals surface area (Å²) < 4.78 is 16.6. The smallest absolute Gasteiger partial charge is 0.216 e. The fourth-order valence-electron chi connectivity index (χ4n) is 1.04. The Kier molecular flexibility index (Phi) is 6.61. The SMILES string of the molecule is C=C(OC(C)C)C(OC(C)C)OC(C)C. The average molecular weight is 216 g/mol. The molecule has 0 heterocycles. The summed E-state index contributed by atoms with van der Waals surface area (Å²) in [6, 6.07) is 0. The van der Waals surface area contributed by atoms with Gasteiger partial charge in [-0.1, -0.05) is 6.58 Å². The van der Waals surface area contributed by atoms with Crippen LogP contribution >= 0.6 is 0 Å². The zero-order chi connectivity index (χ0) is 12.0. The monoisotopic (exact) mass is 216 g/mol. The molecule has 3 nitrogen and oxygen atoms in total. The lowest BCUT2D eigenvalue weighted by molar-refractivity contribution is -0.181. The summed E-state index contributed by atoms with van der Waals surface area (Å²) in [4.78, 5) is 0. The van der Waals surface area contributed by atoms with Gasteiger partial charge in [0.05, 0.1) is 18.3 Å². The first-order valence-corrected chi connectivity index (χ1v) is 5.49. The molecule has 0 unspecified atom stereocenters. The van der Waals surface area contributed by atoms with Crippen LogP contribution in [0.4, 0.5) is 0 Å². The molecule has 15 heavy (non-hydrogen) atoms. The molecule has 0 aromatic carbocycles. The molecule has 0 saturated heterocycles. The lowest BCUT2D eigenvalue weighted by Gasteiger charge is -2.25. The Hall–Kier alpha value is -0.540. The van der Waals surface area contributed by atoms with Gasteiger partial charge in [0.1, 0.15) is 5.76 Å². The van der Waals surface area contributed by atoms with Crippen LogP contribution in [0.1, 0.15) is 41.5 Å². The number of ether oxygens (including phenoxy) is 3. The highest BCUT2D eigenvalue weighted by Crippen LogP contribution is 2.14. The van der Waals surface area contributed by atoms with E-state index in [-0.39, 0.29) is 18.3 Å². The van der Waals surface area contributed by atoms with Crippen LogP contribution in [-0.2, 0) is 14.2 Å². The maximum absolute atomic E-state index is 5.58. The molecule has 0 spiro atoms. The number of hydrogen-bond acceptors (Lipinski definition) is 3. The highest BCUT2D eigenvalue weighted by Gasteiger charge is 2.19. The largest absolute Gasteiger partial charge is 0.491 e. The first-order chi connectivity index (χ1) is 6.82. The van der Waals surface area contributed by atoms with Gasteiger partial charge in [0, 0.05) is 0 Å². The molecular formula is C12H24O3. The van der Waals surface area contributed by atoms with Crippen molar-refractivity contribution in [2.24, 2.45) is 0 Å². The van der Waals surface area contributed by atoms with Gasteiger partial charge in [0.2, 0.25) is 6.29 Å². The zero-order valence-corrected chi connectivity index (χ0v) is 10.7. The highest BCUT2D eigenvalue weighted by molar-refractivity contribution is 4.89. The highest BCUT2D eigenvalue weighted by atomic mass is 16.7. The van der Waals surface area contributed by atoms with Crippen molar-refractivity contribution in [3.8, 4) is 0 Å². The molecule has 0 rings (SSSR count). The van der Waals surface area contributed by atoms with Crippen LogP contribution in [0.2, 0.25) is 0 Å². The Morgan fingerprint density at radius 1 is 0.800 bits per heavy atom. The van der Waals surface area contributed by atoms with E-state index in [1.54, 1.807) is 0 Å². The zero-order valence-electron chi connectivity index (χ0n) is 10.7. The molecule has 0 aliphatic rings. The molecule has 0 aromatic rings. The third-order valence-electron chi connectivity index (χ3n) is 1.44. The molecule has 0 fully saturated rings. The van der Waals surface area contributed by atoms with Crippen LogP contribution in [0, 0.1) is 0 Å². The van der Waals surface area contributed by atoms with Gasteiger partial charge < -0.3 is 14.2 Å². The minimum absolute atomic E-state index is 0.0845. The first-order valence-electron chi connectivity index (χ1n) is 5.49. The molecule has 0 aromatic heterocycles. The van der Waals surface area contributed by atoms with Gasteiger partial charge in [0.25, 0.3) is 0 Å². The van der Waals surface area contributed by atoms with E-state index in [0.717, 1.165) is 0 Å². The van der Waals surface area contributed by atoms with E-state index < -0.39 is 6.29 Å². The molecule has 0 atom stereocenters. The lowest BCUT2D eigenvalue weighted by Crippen LogP contribution is -2.28. The summed E-state index contributed by atoms with van der Waals surface area (Å²) in [6.45, 7) is 15.6. The van der Waals surface area contributed by atoms with Crippen molar-refractivity contribution in [2.45, 2.75) is 66.1 Å². The normalized spacial score (nSPS) is 11.9. The third-order valence-corrected chi connectivity index (χ3v) is 1.44. The minimum Gasteiger partial charge on any atom is -0.491 e. The van der Waals surface area contributed by atoms with Crippen molar-refractivity contribution >= 4 is 0 Å². The van der Waals surface area contributed by atoms with Gasteiger partial charge in [-0.25, -0.2) is 0 Å². The van der Waals surface area contributed by atoms with E-state index in [1.165, 1.54) is 0 Å². The second-order valence-electron chi connectivity index (χ2n) is 4.33. The molecule has 90 valence electrons. The second-order valence-corrected chi connectivity index (χ2v) is 4.33. The summed E-state index contributed by atoms with van der Waals surface area (Å²) in [5, 5.41) is 0. The first kappa shape index (κ1) is 14.5. The lowest BCUT2D eigenvalue weighted by atomic mass is 10.4.